The van der Waals surface area contributed by atoms with Gasteiger partial charge in [-0.2, -0.15) is 0 Å². The minimum Gasteiger partial charge on any atom is -0.477 e. The summed E-state index contributed by atoms with van der Waals surface area (Å²) < 4.78 is 13.4. The Balaban J connectivity index is 2.28. The molecule has 0 saturated carbocycles. The van der Waals surface area contributed by atoms with Crippen LogP contribution in [0.3, 0.4) is 0 Å². The first-order chi connectivity index (χ1) is 8.16. The molecule has 0 aliphatic rings. The normalized spacial score (nSPS) is 10.2. The van der Waals surface area contributed by atoms with Crippen molar-refractivity contribution < 1.29 is 14.3 Å². The molecule has 2 aromatic rings. The Morgan fingerprint density at radius 1 is 1.29 bits per heavy atom. The quantitative estimate of drug-likeness (QED) is 0.877. The number of hydrogen-bond donors (Lipinski definition) is 1. The second-order valence-corrected chi connectivity index (χ2v) is 3.43. The van der Waals surface area contributed by atoms with E-state index in [1.165, 1.54) is 18.3 Å². The summed E-state index contributed by atoms with van der Waals surface area (Å²) in [7, 11) is 0. The van der Waals surface area contributed by atoms with Crippen molar-refractivity contribution in [1.82, 2.24) is 9.97 Å². The summed E-state index contributed by atoms with van der Waals surface area (Å²) in [6.07, 6.45) is 1.53. The average Bonchev–Trinajstić information content (AvgIpc) is 2.32. The second kappa shape index (κ2) is 4.69. The molecule has 2 rings (SSSR count). The van der Waals surface area contributed by atoms with Crippen molar-refractivity contribution in [1.29, 1.82) is 0 Å². The smallest absolute Gasteiger partial charge is 0.354 e. The number of carboxylic acid groups (broad SMARTS) is 1. The van der Waals surface area contributed by atoms with Gasteiger partial charge in [0, 0.05) is 12.6 Å². The molecule has 0 bridgehead atoms. The van der Waals surface area contributed by atoms with E-state index >= 15 is 0 Å². The van der Waals surface area contributed by atoms with Crippen LogP contribution in [0.4, 0.5) is 4.39 Å². The molecule has 5 heteroatoms. The van der Waals surface area contributed by atoms with Crippen LogP contribution in [0.5, 0.6) is 0 Å². The first-order valence-electron chi connectivity index (χ1n) is 4.95. The highest BCUT2D eigenvalue weighted by Gasteiger charge is 2.08. The maximum absolute atomic E-state index is 13.4. The molecule has 0 spiro atoms. The van der Waals surface area contributed by atoms with Gasteiger partial charge in [0.25, 0.3) is 0 Å². The number of carbonyl (C=O) groups is 1. The van der Waals surface area contributed by atoms with Crippen LogP contribution in [0.15, 0.2) is 36.5 Å². The number of halogens is 1. The molecule has 1 aromatic heterocycles. The van der Waals surface area contributed by atoms with Crippen molar-refractivity contribution >= 4 is 5.97 Å². The predicted octanol–water partition coefficient (Wildman–Crippen LogP) is 1.90. The molecule has 1 aromatic carbocycles. The van der Waals surface area contributed by atoms with Gasteiger partial charge in [-0.15, -0.1) is 0 Å². The summed E-state index contributed by atoms with van der Waals surface area (Å²) in [5.74, 6) is -1.19. The third-order valence-corrected chi connectivity index (χ3v) is 2.23. The second-order valence-electron chi connectivity index (χ2n) is 3.43. The number of benzene rings is 1. The Morgan fingerprint density at radius 2 is 2.06 bits per heavy atom. The van der Waals surface area contributed by atoms with Gasteiger partial charge in [0.2, 0.25) is 0 Å². The van der Waals surface area contributed by atoms with Crippen molar-refractivity contribution in [3.8, 4) is 0 Å². The molecule has 0 unspecified atom stereocenters. The van der Waals surface area contributed by atoms with Crippen LogP contribution in [-0.2, 0) is 6.42 Å². The van der Waals surface area contributed by atoms with Gasteiger partial charge in [0.15, 0.2) is 5.69 Å². The van der Waals surface area contributed by atoms with Crippen molar-refractivity contribution in [2.75, 3.05) is 0 Å². The maximum atomic E-state index is 13.4. The third kappa shape index (κ3) is 2.63. The maximum Gasteiger partial charge on any atom is 0.354 e. The lowest BCUT2D eigenvalue weighted by molar-refractivity contribution is 0.0690. The van der Waals surface area contributed by atoms with E-state index in [1.807, 2.05) is 0 Å². The summed E-state index contributed by atoms with van der Waals surface area (Å²) in [5.41, 5.74) is 0.348. The number of carboxylic acids is 1. The van der Waals surface area contributed by atoms with Crippen LogP contribution in [0.1, 0.15) is 21.9 Å². The lowest BCUT2D eigenvalue weighted by Crippen LogP contribution is -2.05. The van der Waals surface area contributed by atoms with Crippen LogP contribution in [0.2, 0.25) is 0 Å². The SMILES string of the molecule is O=C(O)c1ccnc(Cc2ccccc2F)n1. The largest absolute Gasteiger partial charge is 0.477 e. The fourth-order valence-electron chi connectivity index (χ4n) is 1.42. The number of nitrogens with zero attached hydrogens (tertiary/aromatic N) is 2. The van der Waals surface area contributed by atoms with E-state index in [1.54, 1.807) is 18.2 Å². The Kier molecular flexibility index (Phi) is 3.09. The fourth-order valence-corrected chi connectivity index (χ4v) is 1.42. The van der Waals surface area contributed by atoms with Gasteiger partial charge in [-0.25, -0.2) is 19.2 Å². The van der Waals surface area contributed by atoms with Crippen LogP contribution in [-0.4, -0.2) is 21.0 Å². The molecule has 17 heavy (non-hydrogen) atoms. The number of hydrogen-bond acceptors (Lipinski definition) is 3. The van der Waals surface area contributed by atoms with Gasteiger partial charge in [-0.05, 0) is 17.7 Å². The van der Waals surface area contributed by atoms with Crippen LogP contribution in [0.25, 0.3) is 0 Å². The standard InChI is InChI=1S/C12H9FN2O2/c13-9-4-2-1-3-8(9)7-11-14-6-5-10(15-11)12(16)17/h1-6H,7H2,(H,16,17). The first-order valence-corrected chi connectivity index (χ1v) is 4.95. The van der Waals surface area contributed by atoms with E-state index in [0.717, 1.165) is 0 Å². The zero-order chi connectivity index (χ0) is 12.3. The van der Waals surface area contributed by atoms with Crippen molar-refractivity contribution in [3.63, 3.8) is 0 Å². The van der Waals surface area contributed by atoms with Crippen LogP contribution >= 0.6 is 0 Å². The zero-order valence-electron chi connectivity index (χ0n) is 8.80. The Bertz CT molecular complexity index is 558. The van der Waals surface area contributed by atoms with Gasteiger partial charge in [-0.1, -0.05) is 18.2 Å². The molecule has 0 radical (unpaired) electrons. The topological polar surface area (TPSA) is 63.1 Å². The number of aromatic nitrogens is 2. The van der Waals surface area contributed by atoms with E-state index in [-0.39, 0.29) is 23.8 Å². The Labute approximate surface area is 96.8 Å². The molecule has 0 aliphatic heterocycles. The van der Waals surface area contributed by atoms with Gasteiger partial charge >= 0.3 is 5.97 Å². The molecule has 4 nitrogen and oxygen atoms in total. The summed E-state index contributed by atoms with van der Waals surface area (Å²) in [5, 5.41) is 8.77. The van der Waals surface area contributed by atoms with E-state index in [0.29, 0.717) is 5.56 Å². The summed E-state index contributed by atoms with van der Waals surface area (Å²) in [6, 6.07) is 7.56. The van der Waals surface area contributed by atoms with E-state index in [2.05, 4.69) is 9.97 Å². The molecular weight excluding hydrogens is 223 g/mol. The minimum absolute atomic E-state index is 0.0914. The van der Waals surface area contributed by atoms with E-state index < -0.39 is 5.97 Å². The number of rotatable bonds is 3. The van der Waals surface area contributed by atoms with E-state index in [9.17, 15) is 9.18 Å². The lowest BCUT2D eigenvalue weighted by Gasteiger charge is -2.02. The van der Waals surface area contributed by atoms with E-state index in [4.69, 9.17) is 5.11 Å². The highest BCUT2D eigenvalue weighted by atomic mass is 19.1. The molecular formula is C12H9FN2O2. The first kappa shape index (κ1) is 11.2. The summed E-state index contributed by atoms with van der Waals surface area (Å²) in [4.78, 5) is 18.5. The summed E-state index contributed by atoms with van der Waals surface area (Å²) in [6.45, 7) is 0. The Hall–Kier alpha value is -2.30. The van der Waals surface area contributed by atoms with Crippen LogP contribution < -0.4 is 0 Å². The van der Waals surface area contributed by atoms with Crippen molar-refractivity contribution in [2.45, 2.75) is 6.42 Å². The van der Waals surface area contributed by atoms with Gasteiger partial charge in [0.1, 0.15) is 11.6 Å². The lowest BCUT2D eigenvalue weighted by atomic mass is 10.1. The molecule has 0 fully saturated rings. The average molecular weight is 232 g/mol. The Morgan fingerprint density at radius 3 is 2.76 bits per heavy atom. The molecule has 86 valence electrons. The zero-order valence-corrected chi connectivity index (χ0v) is 8.80. The monoisotopic (exact) mass is 232 g/mol. The molecule has 1 N–H and O–H groups in total. The van der Waals surface area contributed by atoms with Gasteiger partial charge in [0.05, 0.1) is 0 Å². The van der Waals surface area contributed by atoms with Crippen molar-refractivity contribution in [2.24, 2.45) is 0 Å². The highest BCUT2D eigenvalue weighted by Crippen LogP contribution is 2.10. The minimum atomic E-state index is -1.12. The molecule has 0 amide bonds. The summed E-state index contributed by atoms with van der Waals surface area (Å²) >= 11 is 0. The molecule has 0 saturated heterocycles. The highest BCUT2D eigenvalue weighted by molar-refractivity contribution is 5.85. The van der Waals surface area contributed by atoms with Gasteiger partial charge < -0.3 is 5.11 Å². The third-order valence-electron chi connectivity index (χ3n) is 2.23. The predicted molar refractivity (Wildman–Crippen MR) is 58.2 cm³/mol. The fraction of sp³-hybridized carbons (Fsp3) is 0.0833. The molecule has 0 atom stereocenters. The number of aromatic carboxylic acids is 1. The van der Waals surface area contributed by atoms with Crippen LogP contribution in [0, 0.1) is 5.82 Å². The van der Waals surface area contributed by atoms with Gasteiger partial charge in [-0.3, -0.25) is 0 Å². The van der Waals surface area contributed by atoms with Crippen molar-refractivity contribution in [3.05, 3.63) is 59.4 Å². The molecule has 0 aliphatic carbocycles. The molecule has 1 heterocycles.